The van der Waals surface area contributed by atoms with Crippen molar-refractivity contribution in [1.29, 1.82) is 0 Å². The summed E-state index contributed by atoms with van der Waals surface area (Å²) >= 11 is 0. The van der Waals surface area contributed by atoms with Crippen LogP contribution < -0.4 is 16.0 Å². The molecule has 0 aliphatic rings. The van der Waals surface area contributed by atoms with E-state index in [4.69, 9.17) is 5.84 Å². The van der Waals surface area contributed by atoms with E-state index in [1.165, 1.54) is 4.83 Å². The van der Waals surface area contributed by atoms with E-state index in [9.17, 15) is 18.0 Å². The van der Waals surface area contributed by atoms with Crippen molar-refractivity contribution < 1.29 is 22.7 Å². The highest BCUT2D eigenvalue weighted by atomic mass is 32.2. The number of ether oxygens (including phenoxy) is 1. The van der Waals surface area contributed by atoms with Crippen LogP contribution in [0.4, 0.5) is 0 Å². The maximum absolute atomic E-state index is 11.5. The van der Waals surface area contributed by atoms with Gasteiger partial charge < -0.3 is 10.1 Å². The number of carbonyl (C=O) groups excluding carboxylic acids is 2. The lowest BCUT2D eigenvalue weighted by Gasteiger charge is -2.16. The Bertz CT molecular complexity index is 364. The zero-order chi connectivity index (χ0) is 12.9. The molecule has 4 N–H and O–H groups in total. The lowest BCUT2D eigenvalue weighted by atomic mass is 10.3. The van der Waals surface area contributed by atoms with Crippen molar-refractivity contribution in [1.82, 2.24) is 10.1 Å². The molecule has 8 nitrogen and oxygen atoms in total. The molecular weight excluding hydrogens is 238 g/mol. The van der Waals surface area contributed by atoms with Gasteiger partial charge in [0.15, 0.2) is 0 Å². The third-order valence-electron chi connectivity index (χ3n) is 1.56. The zero-order valence-corrected chi connectivity index (χ0v) is 10.00. The zero-order valence-electron chi connectivity index (χ0n) is 9.18. The van der Waals surface area contributed by atoms with Gasteiger partial charge in [-0.1, -0.05) is 0 Å². The average molecular weight is 253 g/mol. The number of sulfonamides is 1. The highest BCUT2D eigenvalue weighted by molar-refractivity contribution is 7.91. The molecule has 16 heavy (non-hydrogen) atoms. The predicted octanol–water partition coefficient (Wildman–Crippen LogP) is -2.15. The smallest absolute Gasteiger partial charge is 0.335 e. The van der Waals surface area contributed by atoms with Crippen molar-refractivity contribution in [2.24, 2.45) is 5.84 Å². The van der Waals surface area contributed by atoms with Crippen LogP contribution in [0.1, 0.15) is 13.8 Å². The summed E-state index contributed by atoms with van der Waals surface area (Å²) in [5, 5.41) is 0.275. The van der Waals surface area contributed by atoms with Gasteiger partial charge in [0, 0.05) is 6.04 Å². The molecule has 0 saturated heterocycles. The summed E-state index contributed by atoms with van der Waals surface area (Å²) in [6.07, 6.45) is 0. The van der Waals surface area contributed by atoms with Crippen LogP contribution in [-0.4, -0.2) is 38.7 Å². The number of amides is 1. The highest BCUT2D eigenvalue weighted by Crippen LogP contribution is 2.02. The molecule has 0 rings (SSSR count). The van der Waals surface area contributed by atoms with Gasteiger partial charge >= 0.3 is 5.97 Å². The summed E-state index contributed by atoms with van der Waals surface area (Å²) in [7, 11) is -3.30. The maximum Gasteiger partial charge on any atom is 0.335 e. The van der Waals surface area contributed by atoms with Gasteiger partial charge in [-0.15, -0.1) is 0 Å². The Morgan fingerprint density at radius 2 is 1.81 bits per heavy atom. The summed E-state index contributed by atoms with van der Waals surface area (Å²) in [6, 6.07) is -0.312. The minimum Gasteiger partial charge on any atom is -0.468 e. The molecule has 0 aromatic heterocycles. The van der Waals surface area contributed by atoms with Gasteiger partial charge in [-0.2, -0.15) is 4.83 Å². The largest absolute Gasteiger partial charge is 0.468 e. The SMILES string of the molecule is COC(=O)C(C(=O)NC(C)C)S(=O)(=O)NN. The molecule has 0 bridgehead atoms. The summed E-state index contributed by atoms with van der Waals surface area (Å²) < 4.78 is 26.9. The van der Waals surface area contributed by atoms with E-state index in [-0.39, 0.29) is 6.04 Å². The van der Waals surface area contributed by atoms with Gasteiger partial charge in [0.1, 0.15) is 0 Å². The van der Waals surface area contributed by atoms with E-state index in [0.717, 1.165) is 7.11 Å². The van der Waals surface area contributed by atoms with Crippen LogP contribution in [0.2, 0.25) is 0 Å². The topological polar surface area (TPSA) is 128 Å². The van der Waals surface area contributed by atoms with E-state index in [1.54, 1.807) is 13.8 Å². The van der Waals surface area contributed by atoms with E-state index >= 15 is 0 Å². The minimum atomic E-state index is -4.28. The second kappa shape index (κ2) is 5.77. The van der Waals surface area contributed by atoms with Crippen molar-refractivity contribution in [3.63, 3.8) is 0 Å². The van der Waals surface area contributed by atoms with E-state index in [2.05, 4.69) is 10.1 Å². The summed E-state index contributed by atoms with van der Waals surface area (Å²) in [6.45, 7) is 3.24. The Labute approximate surface area is 93.5 Å². The molecule has 94 valence electrons. The van der Waals surface area contributed by atoms with Crippen LogP contribution in [0.25, 0.3) is 0 Å². The first-order valence-corrected chi connectivity index (χ1v) is 5.90. The molecule has 0 fully saturated rings. The molecule has 1 unspecified atom stereocenters. The fourth-order valence-electron chi connectivity index (χ4n) is 0.910. The molecule has 1 atom stereocenters. The third-order valence-corrected chi connectivity index (χ3v) is 2.91. The first kappa shape index (κ1) is 14.8. The first-order chi connectivity index (χ1) is 7.26. The molecule has 0 radical (unpaired) electrons. The molecule has 0 aliphatic carbocycles. The van der Waals surface area contributed by atoms with Gasteiger partial charge in [-0.05, 0) is 13.8 Å². The van der Waals surface area contributed by atoms with Crippen molar-refractivity contribution in [2.75, 3.05) is 7.11 Å². The molecule has 0 aromatic rings. The first-order valence-electron chi connectivity index (χ1n) is 4.35. The number of hydrogen-bond acceptors (Lipinski definition) is 6. The van der Waals surface area contributed by atoms with Crippen LogP contribution in [-0.2, 0) is 24.3 Å². The summed E-state index contributed by atoms with van der Waals surface area (Å²) in [5.41, 5.74) is 0. The molecular formula is C7H15N3O5S. The number of hydrogen-bond donors (Lipinski definition) is 3. The van der Waals surface area contributed by atoms with E-state index < -0.39 is 27.1 Å². The summed E-state index contributed by atoms with van der Waals surface area (Å²) in [4.78, 5) is 24.1. The maximum atomic E-state index is 11.5. The lowest BCUT2D eigenvalue weighted by molar-refractivity contribution is -0.143. The monoisotopic (exact) mass is 253 g/mol. The van der Waals surface area contributed by atoms with E-state index in [0.29, 0.717) is 0 Å². The van der Waals surface area contributed by atoms with Crippen LogP contribution in [0.15, 0.2) is 0 Å². The van der Waals surface area contributed by atoms with Crippen molar-refractivity contribution >= 4 is 21.9 Å². The Balaban J connectivity index is 5.12. The van der Waals surface area contributed by atoms with Crippen molar-refractivity contribution in [3.8, 4) is 0 Å². The van der Waals surface area contributed by atoms with Crippen molar-refractivity contribution in [3.05, 3.63) is 0 Å². The van der Waals surface area contributed by atoms with Crippen molar-refractivity contribution in [2.45, 2.75) is 25.1 Å². The second-order valence-corrected chi connectivity index (χ2v) is 5.03. The number of methoxy groups -OCH3 is 1. The number of carbonyl (C=O) groups is 2. The van der Waals surface area contributed by atoms with Crippen LogP contribution >= 0.6 is 0 Å². The fraction of sp³-hybridized carbons (Fsp3) is 0.714. The molecule has 0 heterocycles. The Morgan fingerprint density at radius 3 is 2.12 bits per heavy atom. The predicted molar refractivity (Wildman–Crippen MR) is 55.3 cm³/mol. The molecule has 0 aliphatic heterocycles. The highest BCUT2D eigenvalue weighted by Gasteiger charge is 2.40. The fourth-order valence-corrected chi connectivity index (χ4v) is 1.75. The number of hydrazine groups is 1. The van der Waals surface area contributed by atoms with E-state index in [1.807, 2.05) is 0 Å². The number of esters is 1. The van der Waals surface area contributed by atoms with Gasteiger partial charge in [0.05, 0.1) is 7.11 Å². The number of nitrogens with one attached hydrogen (secondary N) is 2. The molecule has 0 saturated carbocycles. The average Bonchev–Trinajstić information content (AvgIpc) is 2.16. The molecule has 1 amide bonds. The van der Waals surface area contributed by atoms with Gasteiger partial charge in [-0.3, -0.25) is 15.4 Å². The second-order valence-electron chi connectivity index (χ2n) is 3.23. The van der Waals surface area contributed by atoms with Crippen LogP contribution in [0, 0.1) is 0 Å². The number of rotatable bonds is 5. The van der Waals surface area contributed by atoms with Gasteiger partial charge in [-0.25, -0.2) is 8.42 Å². The minimum absolute atomic E-state index is 0.312. The molecule has 0 spiro atoms. The Kier molecular flexibility index (Phi) is 5.35. The van der Waals surface area contributed by atoms with Crippen LogP contribution in [0.3, 0.4) is 0 Å². The molecule has 0 aromatic carbocycles. The standard InChI is InChI=1S/C7H15N3O5S/c1-4(2)9-6(11)5(7(12)15-3)16(13,14)10-8/h4-5,10H,8H2,1-3H3,(H,9,11). The quantitative estimate of drug-likeness (QED) is 0.222. The normalized spacial score (nSPS) is 13.3. The third kappa shape index (κ3) is 3.76. The Morgan fingerprint density at radius 1 is 1.31 bits per heavy atom. The van der Waals surface area contributed by atoms with Gasteiger partial charge in [0.2, 0.25) is 10.0 Å². The summed E-state index contributed by atoms with van der Waals surface area (Å²) in [5.74, 6) is 2.56. The Hall–Kier alpha value is -1.19. The van der Waals surface area contributed by atoms with Crippen LogP contribution in [0.5, 0.6) is 0 Å². The molecule has 9 heteroatoms. The lowest BCUT2D eigenvalue weighted by Crippen LogP contribution is -2.52. The van der Waals surface area contributed by atoms with Gasteiger partial charge in [0.25, 0.3) is 11.2 Å². The number of nitrogens with two attached hydrogens (primary N) is 1.